The van der Waals surface area contributed by atoms with Crippen LogP contribution < -0.4 is 0 Å². The molecule has 0 amide bonds. The largest absolute Gasteiger partial charge is 0.492 e. The van der Waals surface area contributed by atoms with E-state index in [9.17, 15) is 9.50 Å². The molecule has 3 aromatic rings. The second kappa shape index (κ2) is 6.38. The average Bonchev–Trinajstić information content (AvgIpc) is 3.11. The number of halogens is 1. The summed E-state index contributed by atoms with van der Waals surface area (Å²) in [6, 6.07) is 6.46. The molecule has 1 aliphatic heterocycles. The molecule has 0 radical (unpaired) electrons. The molecular formula is C18H21FN4OS. The monoisotopic (exact) mass is 360 g/mol. The number of hydrogen-bond acceptors (Lipinski definition) is 5. The van der Waals surface area contributed by atoms with Crippen molar-refractivity contribution in [2.45, 2.75) is 26.3 Å². The molecule has 0 bridgehead atoms. The minimum Gasteiger partial charge on any atom is -0.492 e. The first-order chi connectivity index (χ1) is 12.0. The van der Waals surface area contributed by atoms with Crippen molar-refractivity contribution >= 4 is 16.3 Å². The fourth-order valence-electron chi connectivity index (χ4n) is 4.00. The molecule has 4 rings (SSSR count). The van der Waals surface area contributed by atoms with Crippen LogP contribution in [-0.4, -0.2) is 37.7 Å². The Hall–Kier alpha value is -1.99. The van der Waals surface area contributed by atoms with Gasteiger partial charge in [0.05, 0.1) is 10.9 Å². The summed E-state index contributed by atoms with van der Waals surface area (Å²) >= 11 is 1.41. The van der Waals surface area contributed by atoms with Gasteiger partial charge in [-0.3, -0.25) is 4.90 Å². The fraction of sp³-hybridized carbons (Fsp3) is 0.444. The van der Waals surface area contributed by atoms with E-state index in [1.165, 1.54) is 34.7 Å². The lowest BCUT2D eigenvalue weighted by Gasteiger charge is -2.40. The van der Waals surface area contributed by atoms with Gasteiger partial charge in [0.25, 0.3) is 0 Å². The van der Waals surface area contributed by atoms with Gasteiger partial charge in [0.15, 0.2) is 0 Å². The van der Waals surface area contributed by atoms with Gasteiger partial charge >= 0.3 is 0 Å². The maximum absolute atomic E-state index is 13.9. The predicted octanol–water partition coefficient (Wildman–Crippen LogP) is 3.70. The summed E-state index contributed by atoms with van der Waals surface area (Å²) in [5.41, 5.74) is 0.848. The predicted molar refractivity (Wildman–Crippen MR) is 95.3 cm³/mol. The molecular weight excluding hydrogens is 339 g/mol. The molecule has 25 heavy (non-hydrogen) atoms. The lowest BCUT2D eigenvalue weighted by Crippen LogP contribution is -2.41. The molecule has 0 spiro atoms. The van der Waals surface area contributed by atoms with Gasteiger partial charge in [-0.2, -0.15) is 9.61 Å². The Labute approximate surface area is 149 Å². The van der Waals surface area contributed by atoms with Crippen LogP contribution in [0.4, 0.5) is 4.39 Å². The van der Waals surface area contributed by atoms with E-state index in [1.54, 1.807) is 12.1 Å². The van der Waals surface area contributed by atoms with Gasteiger partial charge < -0.3 is 5.11 Å². The fourth-order valence-corrected chi connectivity index (χ4v) is 5.09. The zero-order valence-electron chi connectivity index (χ0n) is 14.3. The van der Waals surface area contributed by atoms with Crippen molar-refractivity contribution in [1.29, 1.82) is 0 Å². The molecule has 1 aromatic carbocycles. The van der Waals surface area contributed by atoms with Gasteiger partial charge in [0.2, 0.25) is 10.8 Å². The summed E-state index contributed by atoms with van der Waals surface area (Å²) in [5.74, 6) is 0.949. The highest BCUT2D eigenvalue weighted by Crippen LogP contribution is 2.41. The quantitative estimate of drug-likeness (QED) is 0.774. The van der Waals surface area contributed by atoms with Crippen molar-refractivity contribution in [2.75, 3.05) is 13.1 Å². The molecule has 0 aliphatic carbocycles. The van der Waals surface area contributed by atoms with Crippen LogP contribution in [-0.2, 0) is 0 Å². The molecule has 132 valence electrons. The van der Waals surface area contributed by atoms with Crippen molar-refractivity contribution < 1.29 is 9.50 Å². The van der Waals surface area contributed by atoms with E-state index in [-0.39, 0.29) is 17.7 Å². The third-order valence-corrected chi connectivity index (χ3v) is 5.90. The molecule has 1 aliphatic rings. The summed E-state index contributed by atoms with van der Waals surface area (Å²) in [4.78, 5) is 7.94. The van der Waals surface area contributed by atoms with Crippen molar-refractivity contribution in [2.24, 2.45) is 11.8 Å². The normalized spacial score (nSPS) is 23.2. The maximum atomic E-state index is 13.9. The van der Waals surface area contributed by atoms with Gasteiger partial charge in [-0.1, -0.05) is 37.3 Å². The standard InChI is InChI=1S/C18H21FN4OS/c1-11-6-12(2)9-22(8-11)15(13-4-3-5-14(19)7-13)16-17(24)23-18(25-16)20-10-21-23/h3-5,7,10-12,15,24H,6,8-9H2,1-2H3/t11-,12+,15-/m0/s1. The van der Waals surface area contributed by atoms with E-state index in [1.807, 2.05) is 6.07 Å². The molecule has 1 saturated heterocycles. The molecule has 7 heteroatoms. The highest BCUT2D eigenvalue weighted by molar-refractivity contribution is 7.17. The minimum atomic E-state index is -0.264. The van der Waals surface area contributed by atoms with Gasteiger partial charge in [-0.15, -0.1) is 0 Å². The number of fused-ring (bicyclic) bond motifs is 1. The van der Waals surface area contributed by atoms with E-state index >= 15 is 0 Å². The van der Waals surface area contributed by atoms with Gasteiger partial charge in [-0.05, 0) is 36.0 Å². The van der Waals surface area contributed by atoms with E-state index in [0.29, 0.717) is 16.8 Å². The Morgan fingerprint density at radius 2 is 2.04 bits per heavy atom. The second-order valence-corrected chi connectivity index (χ2v) is 8.11. The summed E-state index contributed by atoms with van der Waals surface area (Å²) < 4.78 is 15.3. The van der Waals surface area contributed by atoms with Crippen LogP contribution in [0, 0.1) is 17.7 Å². The van der Waals surface area contributed by atoms with Gasteiger partial charge in [0, 0.05) is 13.1 Å². The van der Waals surface area contributed by atoms with Crippen LogP contribution >= 0.6 is 11.3 Å². The topological polar surface area (TPSA) is 53.7 Å². The van der Waals surface area contributed by atoms with E-state index in [4.69, 9.17) is 0 Å². The number of thiazole rings is 1. The molecule has 1 fully saturated rings. The minimum absolute atomic E-state index is 0.0950. The third-order valence-electron chi connectivity index (χ3n) is 4.81. The van der Waals surface area contributed by atoms with Crippen molar-refractivity contribution in [3.8, 4) is 5.88 Å². The Balaban J connectivity index is 1.83. The van der Waals surface area contributed by atoms with Crippen LogP contribution in [0.15, 0.2) is 30.6 Å². The molecule has 2 aromatic heterocycles. The van der Waals surface area contributed by atoms with Crippen LogP contribution in [0.25, 0.3) is 4.96 Å². The smallest absolute Gasteiger partial charge is 0.230 e. The Kier molecular flexibility index (Phi) is 4.21. The SMILES string of the molecule is C[C@@H]1C[C@H](C)CN([C@@H](c2cccc(F)c2)c2sc3ncnn3c2O)C1. The van der Waals surface area contributed by atoms with Gasteiger partial charge in [-0.25, -0.2) is 9.37 Å². The first-order valence-corrected chi connectivity index (χ1v) is 9.35. The highest BCUT2D eigenvalue weighted by atomic mass is 32.1. The zero-order valence-corrected chi connectivity index (χ0v) is 15.1. The van der Waals surface area contributed by atoms with Crippen molar-refractivity contribution in [3.05, 3.63) is 46.9 Å². The van der Waals surface area contributed by atoms with E-state index in [0.717, 1.165) is 23.5 Å². The van der Waals surface area contributed by atoms with E-state index in [2.05, 4.69) is 28.8 Å². The number of hydrogen-bond donors (Lipinski definition) is 1. The molecule has 1 N–H and O–H groups in total. The number of aromatic nitrogens is 3. The number of aromatic hydroxyl groups is 1. The molecule has 5 nitrogen and oxygen atoms in total. The molecule has 0 saturated carbocycles. The first kappa shape index (κ1) is 16.5. The average molecular weight is 360 g/mol. The van der Waals surface area contributed by atoms with Crippen LogP contribution in [0.5, 0.6) is 5.88 Å². The number of likely N-dealkylation sites (tertiary alicyclic amines) is 1. The van der Waals surface area contributed by atoms with Crippen molar-refractivity contribution in [1.82, 2.24) is 19.5 Å². The number of rotatable bonds is 3. The molecule has 0 unspecified atom stereocenters. The summed E-state index contributed by atoms with van der Waals surface area (Å²) in [6.45, 7) is 6.32. The Morgan fingerprint density at radius 3 is 2.72 bits per heavy atom. The Bertz CT molecular complexity index is 882. The number of piperidine rings is 1. The lowest BCUT2D eigenvalue weighted by atomic mass is 9.89. The molecule has 3 heterocycles. The van der Waals surface area contributed by atoms with E-state index < -0.39 is 0 Å². The van der Waals surface area contributed by atoms with Gasteiger partial charge in [0.1, 0.15) is 12.1 Å². The summed E-state index contributed by atoms with van der Waals surface area (Å²) in [5, 5.41) is 14.8. The zero-order chi connectivity index (χ0) is 17.6. The molecule has 3 atom stereocenters. The number of nitrogens with zero attached hydrogens (tertiary/aromatic N) is 4. The summed E-state index contributed by atoms with van der Waals surface area (Å²) in [7, 11) is 0. The highest BCUT2D eigenvalue weighted by Gasteiger charge is 2.33. The van der Waals surface area contributed by atoms with Crippen LogP contribution in [0.2, 0.25) is 0 Å². The number of benzene rings is 1. The second-order valence-electron chi connectivity index (χ2n) is 7.10. The third kappa shape index (κ3) is 3.02. The Morgan fingerprint density at radius 1 is 1.28 bits per heavy atom. The first-order valence-electron chi connectivity index (χ1n) is 8.54. The summed E-state index contributed by atoms with van der Waals surface area (Å²) in [6.07, 6.45) is 2.62. The maximum Gasteiger partial charge on any atom is 0.230 e. The van der Waals surface area contributed by atoms with Crippen LogP contribution in [0.3, 0.4) is 0 Å². The lowest BCUT2D eigenvalue weighted by molar-refractivity contribution is 0.111. The van der Waals surface area contributed by atoms with Crippen LogP contribution in [0.1, 0.15) is 36.8 Å². The van der Waals surface area contributed by atoms with Crippen molar-refractivity contribution in [3.63, 3.8) is 0 Å².